The minimum Gasteiger partial charge on any atom is -0.355 e. The summed E-state index contributed by atoms with van der Waals surface area (Å²) in [4.78, 5) is 15.0. The maximum Gasteiger partial charge on any atom is 0.232 e. The lowest BCUT2D eigenvalue weighted by Gasteiger charge is -2.28. The van der Waals surface area contributed by atoms with Gasteiger partial charge in [-0.25, -0.2) is 0 Å². The van der Waals surface area contributed by atoms with Gasteiger partial charge in [-0.15, -0.1) is 0 Å². The summed E-state index contributed by atoms with van der Waals surface area (Å²) in [6.45, 7) is 2.58. The molecule has 2 heterocycles. The number of hydrogen-bond acceptors (Lipinski definition) is 2. The van der Waals surface area contributed by atoms with Crippen molar-refractivity contribution in [3.05, 3.63) is 71.3 Å². The maximum atomic E-state index is 13.0. The smallest absolute Gasteiger partial charge is 0.232 e. The van der Waals surface area contributed by atoms with E-state index >= 15 is 0 Å². The van der Waals surface area contributed by atoms with Crippen LogP contribution in [0.25, 0.3) is 0 Å². The third-order valence-corrected chi connectivity index (χ3v) is 4.82. The van der Waals surface area contributed by atoms with E-state index in [0.717, 1.165) is 17.5 Å². The Hall–Kier alpha value is -2.13. The van der Waals surface area contributed by atoms with E-state index in [4.69, 9.17) is 4.74 Å². The monoisotopic (exact) mass is 293 g/mol. The van der Waals surface area contributed by atoms with Crippen LogP contribution in [0.3, 0.4) is 0 Å². The third-order valence-electron chi connectivity index (χ3n) is 4.82. The van der Waals surface area contributed by atoms with Crippen molar-refractivity contribution in [3.63, 3.8) is 0 Å². The van der Waals surface area contributed by atoms with Crippen LogP contribution >= 0.6 is 0 Å². The third kappa shape index (κ3) is 2.04. The predicted molar refractivity (Wildman–Crippen MR) is 84.3 cm³/mol. The van der Waals surface area contributed by atoms with Crippen molar-refractivity contribution in [3.8, 4) is 0 Å². The van der Waals surface area contributed by atoms with Crippen LogP contribution in [0.5, 0.6) is 0 Å². The molecule has 2 aliphatic heterocycles. The first kappa shape index (κ1) is 13.5. The highest BCUT2D eigenvalue weighted by atomic mass is 16.5. The van der Waals surface area contributed by atoms with Gasteiger partial charge in [0, 0.05) is 6.42 Å². The molecule has 0 unspecified atom stereocenters. The van der Waals surface area contributed by atoms with E-state index in [0.29, 0.717) is 6.61 Å². The molecule has 22 heavy (non-hydrogen) atoms. The number of carbonyl (C=O) groups excluding carboxylic acids is 1. The van der Waals surface area contributed by atoms with Gasteiger partial charge >= 0.3 is 0 Å². The summed E-state index contributed by atoms with van der Waals surface area (Å²) in [5.74, 6) is 0.0513. The minimum absolute atomic E-state index is 0.0236. The molecule has 1 amide bonds. The lowest BCUT2D eigenvalue weighted by molar-refractivity contribution is -0.138. The van der Waals surface area contributed by atoms with Gasteiger partial charge in [-0.1, -0.05) is 54.6 Å². The average Bonchev–Trinajstić information content (AvgIpc) is 2.94. The second-order valence-electron chi connectivity index (χ2n) is 6.08. The van der Waals surface area contributed by atoms with Crippen molar-refractivity contribution in [1.29, 1.82) is 0 Å². The highest BCUT2D eigenvalue weighted by Gasteiger charge is 2.43. The summed E-state index contributed by atoms with van der Waals surface area (Å²) < 4.78 is 5.98. The Morgan fingerprint density at radius 3 is 2.59 bits per heavy atom. The maximum absolute atomic E-state index is 13.0. The minimum atomic E-state index is -0.149. The summed E-state index contributed by atoms with van der Waals surface area (Å²) in [5, 5.41) is 0. The highest BCUT2D eigenvalue weighted by molar-refractivity contribution is 5.85. The van der Waals surface area contributed by atoms with E-state index < -0.39 is 0 Å². The summed E-state index contributed by atoms with van der Waals surface area (Å²) in [7, 11) is 0. The average molecular weight is 293 g/mol. The van der Waals surface area contributed by atoms with Gasteiger partial charge in [0.15, 0.2) is 0 Å². The van der Waals surface area contributed by atoms with E-state index in [9.17, 15) is 4.79 Å². The lowest BCUT2D eigenvalue weighted by atomic mass is 9.94. The summed E-state index contributed by atoms with van der Waals surface area (Å²) in [5.41, 5.74) is 3.51. The molecule has 0 N–H and O–H groups in total. The van der Waals surface area contributed by atoms with E-state index in [-0.39, 0.29) is 24.1 Å². The number of carbonyl (C=O) groups is 1. The Morgan fingerprint density at radius 1 is 1.05 bits per heavy atom. The Kier molecular flexibility index (Phi) is 3.23. The van der Waals surface area contributed by atoms with E-state index in [1.807, 2.05) is 42.2 Å². The molecule has 0 bridgehead atoms. The first-order chi connectivity index (χ1) is 10.8. The van der Waals surface area contributed by atoms with Crippen molar-refractivity contribution in [2.24, 2.45) is 0 Å². The quantitative estimate of drug-likeness (QED) is 0.807. The van der Waals surface area contributed by atoms with Crippen LogP contribution in [0.4, 0.5) is 0 Å². The van der Waals surface area contributed by atoms with Gasteiger partial charge in [-0.2, -0.15) is 0 Å². The molecule has 2 aromatic rings. The first-order valence-corrected chi connectivity index (χ1v) is 7.82. The molecule has 0 spiro atoms. The molecule has 1 fully saturated rings. The van der Waals surface area contributed by atoms with Crippen LogP contribution in [0.2, 0.25) is 0 Å². The number of rotatable bonds is 1. The van der Waals surface area contributed by atoms with Crippen molar-refractivity contribution in [2.45, 2.75) is 31.5 Å². The fourth-order valence-electron chi connectivity index (χ4n) is 3.64. The van der Waals surface area contributed by atoms with Gasteiger partial charge in [-0.3, -0.25) is 4.79 Å². The zero-order valence-electron chi connectivity index (χ0n) is 12.6. The van der Waals surface area contributed by atoms with Crippen LogP contribution in [-0.4, -0.2) is 23.6 Å². The summed E-state index contributed by atoms with van der Waals surface area (Å²) in [6.07, 6.45) is 0.624. The van der Waals surface area contributed by atoms with Gasteiger partial charge in [-0.05, 0) is 23.6 Å². The zero-order chi connectivity index (χ0) is 15.1. The van der Waals surface area contributed by atoms with Crippen molar-refractivity contribution in [1.82, 2.24) is 4.90 Å². The fourth-order valence-corrected chi connectivity index (χ4v) is 3.64. The van der Waals surface area contributed by atoms with E-state index in [1.54, 1.807) is 0 Å². The predicted octanol–water partition coefficient (Wildman–Crippen LogP) is 3.27. The Labute approximate surface area is 130 Å². The molecule has 2 aromatic carbocycles. The standard InChI is InChI=1S/C19H19NO2/c1-13-16-10-6-5-9-15(16)11-18-20(19(13)21)17(12-22-18)14-7-3-2-4-8-14/h2-10,13,17-18H,11-12H2,1H3/t13-,17+,18+/m0/s1. The second kappa shape index (κ2) is 5.25. The number of hydrogen-bond donors (Lipinski definition) is 0. The molecular formula is C19H19NO2. The molecule has 1 saturated heterocycles. The molecule has 0 aliphatic carbocycles. The molecule has 0 radical (unpaired) electrons. The molecular weight excluding hydrogens is 274 g/mol. The molecule has 4 rings (SSSR count). The molecule has 3 heteroatoms. The Balaban J connectivity index is 1.74. The number of amides is 1. The molecule has 2 aliphatic rings. The van der Waals surface area contributed by atoms with Crippen LogP contribution in [0.15, 0.2) is 54.6 Å². The number of benzene rings is 2. The largest absolute Gasteiger partial charge is 0.355 e. The normalized spacial score (nSPS) is 27.2. The Morgan fingerprint density at radius 2 is 1.77 bits per heavy atom. The number of fused-ring (bicyclic) bond motifs is 2. The SMILES string of the molecule is C[C@@H]1C(=O)N2[C@@H](c3ccccc3)CO[C@@H]2Cc2ccccc21. The van der Waals surface area contributed by atoms with Crippen molar-refractivity contribution in [2.75, 3.05) is 6.61 Å². The molecule has 112 valence electrons. The summed E-state index contributed by atoms with van der Waals surface area (Å²) >= 11 is 0. The zero-order valence-corrected chi connectivity index (χ0v) is 12.6. The van der Waals surface area contributed by atoms with Crippen LogP contribution < -0.4 is 0 Å². The van der Waals surface area contributed by atoms with E-state index in [2.05, 4.69) is 24.3 Å². The Bertz CT molecular complexity index is 698. The molecule has 0 aromatic heterocycles. The lowest BCUT2D eigenvalue weighted by Crippen LogP contribution is -2.39. The molecule has 0 saturated carbocycles. The van der Waals surface area contributed by atoms with Crippen LogP contribution in [-0.2, 0) is 16.0 Å². The van der Waals surface area contributed by atoms with Crippen LogP contribution in [0, 0.1) is 0 Å². The van der Waals surface area contributed by atoms with Gasteiger partial charge in [0.05, 0.1) is 18.6 Å². The summed E-state index contributed by atoms with van der Waals surface area (Å²) in [6, 6.07) is 18.4. The van der Waals surface area contributed by atoms with Gasteiger partial charge in [0.2, 0.25) is 5.91 Å². The molecule has 3 atom stereocenters. The van der Waals surface area contributed by atoms with Crippen molar-refractivity contribution >= 4 is 5.91 Å². The molecule has 3 nitrogen and oxygen atoms in total. The van der Waals surface area contributed by atoms with Crippen molar-refractivity contribution < 1.29 is 9.53 Å². The fraction of sp³-hybridized carbons (Fsp3) is 0.316. The van der Waals surface area contributed by atoms with Gasteiger partial charge in [0.1, 0.15) is 6.23 Å². The second-order valence-corrected chi connectivity index (χ2v) is 6.08. The highest BCUT2D eigenvalue weighted by Crippen LogP contribution is 2.38. The van der Waals surface area contributed by atoms with Gasteiger partial charge < -0.3 is 9.64 Å². The van der Waals surface area contributed by atoms with Crippen LogP contribution in [0.1, 0.15) is 35.6 Å². The number of ether oxygens (including phenoxy) is 1. The first-order valence-electron chi connectivity index (χ1n) is 7.82. The number of nitrogens with zero attached hydrogens (tertiary/aromatic N) is 1. The van der Waals surface area contributed by atoms with E-state index in [1.165, 1.54) is 5.56 Å². The topological polar surface area (TPSA) is 29.5 Å². The van der Waals surface area contributed by atoms with Gasteiger partial charge in [0.25, 0.3) is 0 Å².